The van der Waals surface area contributed by atoms with Gasteiger partial charge < -0.3 is 52.6 Å². The minimum Gasteiger partial charge on any atom is -0.481 e. The van der Waals surface area contributed by atoms with Crippen molar-refractivity contribution < 1.29 is 71.3 Å². The number of sulfonamides is 1. The van der Waals surface area contributed by atoms with Crippen LogP contribution in [0.1, 0.15) is 36.0 Å². The molecule has 22 nitrogen and oxygen atoms in total. The molecular weight excluding hydrogens is 880 g/mol. The van der Waals surface area contributed by atoms with E-state index in [1.54, 1.807) is 37.4 Å². The number of aromatic nitrogens is 1. The number of aliphatic carboxylic acids is 3. The van der Waals surface area contributed by atoms with Crippen LogP contribution in [0.15, 0.2) is 83.9 Å². The van der Waals surface area contributed by atoms with E-state index in [1.165, 1.54) is 36.4 Å². The zero-order valence-corrected chi connectivity index (χ0v) is 35.1. The van der Waals surface area contributed by atoms with E-state index in [4.69, 9.17) is 5.73 Å². The lowest BCUT2D eigenvalue weighted by Gasteiger charge is -2.25. The SMILES string of the molecule is Cc1ccc(S(=O)(=O)NC(CC(=O)O)C(=O)NC(CC(=O)O)C(=O)NCC(=O)NC(Cc2cccc(F)c2)C(=O)NC(Cc2c[nH]c3ccccc23)C(=O)NC(CC(=O)O)C(N)=O)cc1. The van der Waals surface area contributed by atoms with Crippen LogP contribution in [0.2, 0.25) is 0 Å². The van der Waals surface area contributed by atoms with Crippen LogP contribution in [0.25, 0.3) is 10.9 Å². The first kappa shape index (κ1) is 49.9. The summed E-state index contributed by atoms with van der Waals surface area (Å²) in [7, 11) is -4.52. The number of fused-ring (bicyclic) bond motifs is 1. The average molecular weight is 925 g/mol. The Bertz CT molecular complexity index is 2570. The number of hydrogen-bond acceptors (Lipinski definition) is 11. The number of amides is 6. The monoisotopic (exact) mass is 924 g/mol. The van der Waals surface area contributed by atoms with Crippen LogP contribution in [0.4, 0.5) is 4.39 Å². The molecular formula is C41H45FN8O14S. The second-order valence-electron chi connectivity index (χ2n) is 14.6. The third kappa shape index (κ3) is 15.2. The van der Waals surface area contributed by atoms with E-state index >= 15 is 0 Å². The maximum absolute atomic E-state index is 14.3. The van der Waals surface area contributed by atoms with Gasteiger partial charge in [0, 0.05) is 29.9 Å². The summed E-state index contributed by atoms with van der Waals surface area (Å²) < 4.78 is 42.2. The van der Waals surface area contributed by atoms with E-state index in [-0.39, 0.29) is 16.9 Å². The van der Waals surface area contributed by atoms with Gasteiger partial charge in [0.2, 0.25) is 45.5 Å². The summed E-state index contributed by atoms with van der Waals surface area (Å²) in [5, 5.41) is 39.9. The van der Waals surface area contributed by atoms with Crippen LogP contribution in [-0.4, -0.2) is 119 Å². The zero-order chi connectivity index (χ0) is 48.0. The Morgan fingerprint density at radius 1 is 0.662 bits per heavy atom. The van der Waals surface area contributed by atoms with Crippen molar-refractivity contribution in [2.75, 3.05) is 6.54 Å². The summed E-state index contributed by atoms with van der Waals surface area (Å²) in [6, 6.07) is 8.08. The van der Waals surface area contributed by atoms with Crippen LogP contribution >= 0.6 is 0 Å². The lowest BCUT2D eigenvalue weighted by atomic mass is 10.0. The molecule has 65 heavy (non-hydrogen) atoms. The number of benzene rings is 3. The molecule has 0 radical (unpaired) electrons. The number of carboxylic acids is 3. The number of carbonyl (C=O) groups is 9. The van der Waals surface area contributed by atoms with Gasteiger partial charge in [-0.2, -0.15) is 4.72 Å². The van der Waals surface area contributed by atoms with Gasteiger partial charge in [-0.1, -0.05) is 48.0 Å². The highest BCUT2D eigenvalue weighted by Crippen LogP contribution is 2.20. The van der Waals surface area contributed by atoms with Crippen LogP contribution in [0, 0.1) is 12.7 Å². The summed E-state index contributed by atoms with van der Waals surface area (Å²) in [5.41, 5.74) is 7.32. The highest BCUT2D eigenvalue weighted by molar-refractivity contribution is 7.89. The lowest BCUT2D eigenvalue weighted by molar-refractivity contribution is -0.142. The van der Waals surface area contributed by atoms with Crippen molar-refractivity contribution in [3.05, 3.63) is 102 Å². The second kappa shape index (κ2) is 22.6. The van der Waals surface area contributed by atoms with Gasteiger partial charge in [-0.3, -0.25) is 43.2 Å². The molecule has 5 atom stereocenters. The van der Waals surface area contributed by atoms with E-state index in [0.717, 1.165) is 12.1 Å². The van der Waals surface area contributed by atoms with Crippen molar-refractivity contribution in [2.24, 2.45) is 5.73 Å². The molecule has 1 heterocycles. The van der Waals surface area contributed by atoms with Crippen molar-refractivity contribution >= 4 is 74.3 Å². The van der Waals surface area contributed by atoms with E-state index in [1.807, 2.05) is 10.0 Å². The van der Waals surface area contributed by atoms with Crippen LogP contribution in [0.3, 0.4) is 0 Å². The van der Waals surface area contributed by atoms with Crippen molar-refractivity contribution in [1.82, 2.24) is 36.3 Å². The Kier molecular flexibility index (Phi) is 17.3. The third-order valence-electron chi connectivity index (χ3n) is 9.51. The highest BCUT2D eigenvalue weighted by Gasteiger charge is 2.34. The fourth-order valence-electron chi connectivity index (χ4n) is 6.31. The fourth-order valence-corrected chi connectivity index (χ4v) is 7.50. The van der Waals surface area contributed by atoms with Crippen LogP contribution in [-0.2, 0) is 66.0 Å². The molecule has 0 aliphatic carbocycles. The Morgan fingerprint density at radius 2 is 1.22 bits per heavy atom. The molecule has 6 amide bonds. The Hall–Kier alpha value is -7.73. The number of aryl methyl sites for hydroxylation is 1. The molecule has 0 aliphatic heterocycles. The van der Waals surface area contributed by atoms with E-state index in [2.05, 4.69) is 26.3 Å². The molecule has 5 unspecified atom stereocenters. The first-order valence-corrected chi connectivity index (χ1v) is 20.9. The minimum absolute atomic E-state index is 0.167. The number of nitrogens with one attached hydrogen (secondary N) is 7. The molecule has 0 saturated heterocycles. The summed E-state index contributed by atoms with van der Waals surface area (Å²) >= 11 is 0. The molecule has 0 aliphatic rings. The standard InChI is InChI=1S/C41H45FN8O14S/c1-21-9-11-25(12-10-21)65(63,64)50-32(18-36(56)57)41(62)49-31(17-35(54)55)38(59)45-20-33(51)46-29(14-22-5-4-6-24(42)13-22)39(60)48-30(40(61)47-28(37(43)58)16-34(52)53)15-23-19-44-27-8-3-2-7-26(23)27/h2-13,19,28-32,44,50H,14-18,20H2,1H3,(H2,43,58)(H,45,59)(H,46,51)(H,47,61)(H,48,60)(H,49,62)(H,52,53)(H,54,55)(H,56,57). The first-order valence-electron chi connectivity index (χ1n) is 19.4. The van der Waals surface area contributed by atoms with Gasteiger partial charge in [0.05, 0.1) is 30.7 Å². The van der Waals surface area contributed by atoms with Crippen molar-refractivity contribution in [3.8, 4) is 0 Å². The Labute approximate surface area is 369 Å². The number of para-hydroxylation sites is 1. The molecule has 24 heteroatoms. The van der Waals surface area contributed by atoms with E-state index in [9.17, 15) is 71.3 Å². The summed E-state index contributed by atoms with van der Waals surface area (Å²) in [6.45, 7) is 0.680. The third-order valence-corrected chi connectivity index (χ3v) is 11.0. The second-order valence-corrected chi connectivity index (χ2v) is 16.3. The van der Waals surface area contributed by atoms with Gasteiger partial charge in [-0.05, 0) is 48.4 Å². The van der Waals surface area contributed by atoms with Gasteiger partial charge in [-0.15, -0.1) is 0 Å². The maximum atomic E-state index is 14.3. The molecule has 346 valence electrons. The molecule has 0 bridgehead atoms. The number of halogens is 1. The number of carbonyl (C=O) groups excluding carboxylic acids is 6. The summed E-state index contributed by atoms with van der Waals surface area (Å²) in [5.74, 6) is -12.6. The van der Waals surface area contributed by atoms with E-state index in [0.29, 0.717) is 22.0 Å². The van der Waals surface area contributed by atoms with Gasteiger partial charge in [0.1, 0.15) is 36.0 Å². The normalized spacial score (nSPS) is 13.5. The first-order chi connectivity index (χ1) is 30.6. The number of H-pyrrole nitrogens is 1. The summed E-state index contributed by atoms with van der Waals surface area (Å²) in [4.78, 5) is 117. The molecule has 0 spiro atoms. The lowest BCUT2D eigenvalue weighted by Crippen LogP contribution is -2.58. The molecule has 4 rings (SSSR count). The molecule has 12 N–H and O–H groups in total. The van der Waals surface area contributed by atoms with Crippen LogP contribution in [0.5, 0.6) is 0 Å². The molecule has 0 saturated carbocycles. The molecule has 1 aromatic heterocycles. The van der Waals surface area contributed by atoms with Gasteiger partial charge >= 0.3 is 17.9 Å². The number of primary amides is 1. The van der Waals surface area contributed by atoms with Crippen molar-refractivity contribution in [2.45, 2.75) is 74.1 Å². The number of rotatable bonds is 24. The summed E-state index contributed by atoms with van der Waals surface area (Å²) in [6.07, 6.45) is -2.29. The number of hydrogen-bond donors (Lipinski definition) is 11. The predicted octanol–water partition coefficient (Wildman–Crippen LogP) is -1.29. The molecule has 4 aromatic rings. The molecule has 0 fully saturated rings. The average Bonchev–Trinajstić information content (AvgIpc) is 3.63. The minimum atomic E-state index is -4.52. The molecule has 3 aromatic carbocycles. The number of aromatic amines is 1. The van der Waals surface area contributed by atoms with Crippen LogP contribution < -0.4 is 37.0 Å². The Morgan fingerprint density at radius 3 is 1.83 bits per heavy atom. The van der Waals surface area contributed by atoms with Crippen molar-refractivity contribution in [1.29, 1.82) is 0 Å². The Balaban J connectivity index is 1.54. The van der Waals surface area contributed by atoms with Gasteiger partial charge in [0.15, 0.2) is 0 Å². The zero-order valence-electron chi connectivity index (χ0n) is 34.3. The highest BCUT2D eigenvalue weighted by atomic mass is 32.2. The maximum Gasteiger partial charge on any atom is 0.305 e. The van der Waals surface area contributed by atoms with Crippen molar-refractivity contribution in [3.63, 3.8) is 0 Å². The quantitative estimate of drug-likeness (QED) is 0.0390. The predicted molar refractivity (Wildman–Crippen MR) is 224 cm³/mol. The topological polar surface area (TPSA) is 362 Å². The van der Waals surface area contributed by atoms with E-state index < -0.39 is 132 Å². The number of carboxylic acid groups (broad SMARTS) is 3. The smallest absolute Gasteiger partial charge is 0.305 e. The number of nitrogens with two attached hydrogens (primary N) is 1. The van der Waals surface area contributed by atoms with Gasteiger partial charge in [0.25, 0.3) is 0 Å². The van der Waals surface area contributed by atoms with Gasteiger partial charge in [-0.25, -0.2) is 12.8 Å². The fraction of sp³-hybridized carbons (Fsp3) is 0.293. The largest absolute Gasteiger partial charge is 0.481 e.